The Bertz CT molecular complexity index is 487. The molecule has 3 heteroatoms. The van der Waals surface area contributed by atoms with Crippen LogP contribution in [-0.4, -0.2) is 19.0 Å². The smallest absolute Gasteiger partial charge is 0.0337 e. The highest BCUT2D eigenvalue weighted by molar-refractivity contribution is 7.10. The lowest BCUT2D eigenvalue weighted by Crippen LogP contribution is -2.16. The van der Waals surface area contributed by atoms with Gasteiger partial charge in [0.05, 0.1) is 0 Å². The maximum atomic E-state index is 3.14. The first-order valence-electron chi connectivity index (χ1n) is 6.17. The van der Waals surface area contributed by atoms with Crippen LogP contribution in [-0.2, 0) is 13.1 Å². The molecule has 1 heterocycles. The molecule has 2 rings (SSSR count). The van der Waals surface area contributed by atoms with Crippen LogP contribution >= 0.6 is 11.3 Å². The summed E-state index contributed by atoms with van der Waals surface area (Å²) in [6.07, 6.45) is 0. The Balaban J connectivity index is 1.94. The predicted molar refractivity (Wildman–Crippen MR) is 80.2 cm³/mol. The van der Waals surface area contributed by atoms with Gasteiger partial charge < -0.3 is 5.32 Å². The Morgan fingerprint density at radius 2 is 1.83 bits per heavy atom. The van der Waals surface area contributed by atoms with Crippen LogP contribution in [0.4, 0.5) is 5.69 Å². The minimum atomic E-state index is 0.987. The van der Waals surface area contributed by atoms with E-state index in [1.54, 1.807) is 0 Å². The number of rotatable bonds is 5. The van der Waals surface area contributed by atoms with Crippen molar-refractivity contribution in [2.24, 2.45) is 0 Å². The Labute approximate surface area is 113 Å². The van der Waals surface area contributed by atoms with E-state index in [9.17, 15) is 0 Å². The third kappa shape index (κ3) is 3.34. The van der Waals surface area contributed by atoms with E-state index in [0.717, 1.165) is 18.8 Å². The van der Waals surface area contributed by atoms with Crippen molar-refractivity contribution in [1.29, 1.82) is 0 Å². The quantitative estimate of drug-likeness (QED) is 0.881. The highest BCUT2D eigenvalue weighted by Crippen LogP contribution is 2.18. The summed E-state index contributed by atoms with van der Waals surface area (Å²) in [5.74, 6) is 0. The number of thiophene rings is 1. The topological polar surface area (TPSA) is 15.3 Å². The fourth-order valence-electron chi connectivity index (χ4n) is 1.96. The highest BCUT2D eigenvalue weighted by Gasteiger charge is 2.05. The van der Waals surface area contributed by atoms with Gasteiger partial charge in [0.25, 0.3) is 0 Å². The Hall–Kier alpha value is -1.32. The molecule has 0 radical (unpaired) electrons. The van der Waals surface area contributed by atoms with Crippen molar-refractivity contribution >= 4 is 17.0 Å². The molecule has 1 aromatic carbocycles. The summed E-state index contributed by atoms with van der Waals surface area (Å²) < 4.78 is 0. The van der Waals surface area contributed by atoms with Crippen molar-refractivity contribution in [2.45, 2.75) is 20.0 Å². The van der Waals surface area contributed by atoms with E-state index in [-0.39, 0.29) is 0 Å². The first kappa shape index (κ1) is 13.1. The molecule has 2 nitrogen and oxygen atoms in total. The zero-order valence-corrected chi connectivity index (χ0v) is 12.1. The van der Waals surface area contributed by atoms with Crippen molar-refractivity contribution < 1.29 is 0 Å². The summed E-state index contributed by atoms with van der Waals surface area (Å²) in [5, 5.41) is 5.31. The molecule has 0 bridgehead atoms. The first-order chi connectivity index (χ1) is 8.69. The number of hydrogen-bond acceptors (Lipinski definition) is 3. The number of nitrogens with one attached hydrogen (secondary N) is 1. The third-order valence-corrected chi connectivity index (χ3v) is 4.08. The van der Waals surface area contributed by atoms with E-state index in [1.807, 2.05) is 18.4 Å². The zero-order valence-electron chi connectivity index (χ0n) is 11.2. The van der Waals surface area contributed by atoms with Gasteiger partial charge in [-0.15, -0.1) is 11.3 Å². The summed E-state index contributed by atoms with van der Waals surface area (Å²) in [6.45, 7) is 4.19. The molecule has 0 spiro atoms. The van der Waals surface area contributed by atoms with Gasteiger partial charge in [-0.25, -0.2) is 0 Å². The van der Waals surface area contributed by atoms with Crippen LogP contribution in [0.15, 0.2) is 35.7 Å². The van der Waals surface area contributed by atoms with Crippen molar-refractivity contribution in [2.75, 3.05) is 19.4 Å². The lowest BCUT2D eigenvalue weighted by Gasteiger charge is -2.16. The van der Waals surface area contributed by atoms with Gasteiger partial charge in [-0.1, -0.05) is 12.1 Å². The van der Waals surface area contributed by atoms with Gasteiger partial charge in [0.1, 0.15) is 0 Å². The molecule has 0 saturated heterocycles. The summed E-state index contributed by atoms with van der Waals surface area (Å²) >= 11 is 1.84. The van der Waals surface area contributed by atoms with Crippen LogP contribution in [0, 0.1) is 6.92 Å². The SMILES string of the molecule is CNc1ccc(CN(C)Cc2sccc2C)cc1. The second-order valence-corrected chi connectivity index (χ2v) is 5.65. The summed E-state index contributed by atoms with van der Waals surface area (Å²) in [4.78, 5) is 3.82. The lowest BCUT2D eigenvalue weighted by atomic mass is 10.2. The number of hydrogen-bond donors (Lipinski definition) is 1. The molecular weight excluding hydrogens is 240 g/mol. The van der Waals surface area contributed by atoms with Crippen LogP contribution in [0.25, 0.3) is 0 Å². The second-order valence-electron chi connectivity index (χ2n) is 4.65. The third-order valence-electron chi connectivity index (χ3n) is 3.08. The van der Waals surface area contributed by atoms with Crippen molar-refractivity contribution in [1.82, 2.24) is 4.90 Å². The Morgan fingerprint density at radius 3 is 2.39 bits per heavy atom. The number of anilines is 1. The molecule has 0 unspecified atom stereocenters. The highest BCUT2D eigenvalue weighted by atomic mass is 32.1. The fraction of sp³-hybridized carbons (Fsp3) is 0.333. The minimum Gasteiger partial charge on any atom is -0.388 e. The minimum absolute atomic E-state index is 0.987. The molecule has 0 aliphatic carbocycles. The molecule has 96 valence electrons. The van der Waals surface area contributed by atoms with E-state index in [0.29, 0.717) is 0 Å². The van der Waals surface area contributed by atoms with Gasteiger partial charge >= 0.3 is 0 Å². The summed E-state index contributed by atoms with van der Waals surface area (Å²) in [6, 6.07) is 10.8. The fourth-order valence-corrected chi connectivity index (χ4v) is 2.94. The van der Waals surface area contributed by atoms with Gasteiger partial charge in [-0.3, -0.25) is 4.90 Å². The zero-order chi connectivity index (χ0) is 13.0. The van der Waals surface area contributed by atoms with Gasteiger partial charge in [-0.2, -0.15) is 0 Å². The molecule has 0 amide bonds. The number of benzene rings is 1. The van der Waals surface area contributed by atoms with Gasteiger partial charge in [-0.05, 0) is 48.7 Å². The molecule has 1 aromatic heterocycles. The molecule has 0 aliphatic heterocycles. The van der Waals surface area contributed by atoms with E-state index in [1.165, 1.54) is 16.0 Å². The molecule has 1 N–H and O–H groups in total. The van der Waals surface area contributed by atoms with Gasteiger partial charge in [0.15, 0.2) is 0 Å². The van der Waals surface area contributed by atoms with E-state index < -0.39 is 0 Å². The molecule has 0 fully saturated rings. The molecule has 2 aromatic rings. The second kappa shape index (κ2) is 6.03. The standard InChI is InChI=1S/C15H20N2S/c1-12-8-9-18-15(12)11-17(3)10-13-4-6-14(16-2)7-5-13/h4-9,16H,10-11H2,1-3H3. The summed E-state index contributed by atoms with van der Waals surface area (Å²) in [5.41, 5.74) is 3.92. The molecule has 0 saturated carbocycles. The van der Waals surface area contributed by atoms with E-state index in [2.05, 4.69) is 59.9 Å². The van der Waals surface area contributed by atoms with Crippen LogP contribution < -0.4 is 5.32 Å². The Kier molecular flexibility index (Phi) is 4.39. The first-order valence-corrected chi connectivity index (χ1v) is 7.05. The van der Waals surface area contributed by atoms with E-state index >= 15 is 0 Å². The normalized spacial score (nSPS) is 10.9. The van der Waals surface area contributed by atoms with Crippen molar-refractivity contribution in [3.05, 3.63) is 51.7 Å². The molecular formula is C15H20N2S. The van der Waals surface area contributed by atoms with Crippen molar-refractivity contribution in [3.63, 3.8) is 0 Å². The number of aryl methyl sites for hydroxylation is 1. The van der Waals surface area contributed by atoms with Crippen LogP contribution in [0.5, 0.6) is 0 Å². The Morgan fingerprint density at radius 1 is 1.11 bits per heavy atom. The number of nitrogens with zero attached hydrogens (tertiary/aromatic N) is 1. The maximum absolute atomic E-state index is 3.14. The average molecular weight is 260 g/mol. The largest absolute Gasteiger partial charge is 0.388 e. The molecule has 0 atom stereocenters. The van der Waals surface area contributed by atoms with Gasteiger partial charge in [0, 0.05) is 30.7 Å². The van der Waals surface area contributed by atoms with Gasteiger partial charge in [0.2, 0.25) is 0 Å². The predicted octanol–water partition coefficient (Wildman–Crippen LogP) is 3.73. The maximum Gasteiger partial charge on any atom is 0.0337 e. The molecule has 18 heavy (non-hydrogen) atoms. The molecule has 0 aliphatic rings. The lowest BCUT2D eigenvalue weighted by molar-refractivity contribution is 0.321. The van der Waals surface area contributed by atoms with Crippen LogP contribution in [0.2, 0.25) is 0 Å². The van der Waals surface area contributed by atoms with Crippen LogP contribution in [0.3, 0.4) is 0 Å². The van der Waals surface area contributed by atoms with Crippen molar-refractivity contribution in [3.8, 4) is 0 Å². The van der Waals surface area contributed by atoms with E-state index in [4.69, 9.17) is 0 Å². The summed E-state index contributed by atoms with van der Waals surface area (Å²) in [7, 11) is 4.12. The average Bonchev–Trinajstić information content (AvgIpc) is 2.76. The van der Waals surface area contributed by atoms with Crippen LogP contribution in [0.1, 0.15) is 16.0 Å². The monoisotopic (exact) mass is 260 g/mol.